The van der Waals surface area contributed by atoms with Crippen molar-refractivity contribution in [3.05, 3.63) is 41.9 Å². The molecule has 16 heavy (non-hydrogen) atoms. The fraction of sp³-hybridized carbons (Fsp3) is 0.182. The van der Waals surface area contributed by atoms with Crippen molar-refractivity contribution >= 4 is 39.3 Å². The molecule has 1 amide bonds. The van der Waals surface area contributed by atoms with Crippen molar-refractivity contribution in [1.29, 1.82) is 0 Å². The first kappa shape index (κ1) is 11.5. The Hall–Kier alpha value is -0.940. The Labute approximate surface area is 107 Å². The van der Waals surface area contributed by atoms with E-state index in [1.165, 1.54) is 0 Å². The normalized spacial score (nSPS) is 22.8. The van der Waals surface area contributed by atoms with E-state index < -0.39 is 3.78 Å². The van der Waals surface area contributed by atoms with Crippen molar-refractivity contribution in [1.82, 2.24) is 5.32 Å². The highest BCUT2D eigenvalue weighted by Crippen LogP contribution is 2.37. The summed E-state index contributed by atoms with van der Waals surface area (Å²) in [6.07, 6.45) is 2.19. The van der Waals surface area contributed by atoms with E-state index in [1.807, 2.05) is 41.9 Å². The van der Waals surface area contributed by atoms with Gasteiger partial charge in [-0.25, -0.2) is 0 Å². The molecule has 2 N–H and O–H groups in total. The number of hydrogen-bond acceptors (Lipinski definition) is 3. The molecule has 5 heteroatoms. The number of carbonyl (C=O) groups excluding carboxylic acids is 1. The molecule has 84 valence electrons. The zero-order chi connectivity index (χ0) is 11.4. The lowest BCUT2D eigenvalue weighted by Crippen LogP contribution is -2.33. The van der Waals surface area contributed by atoms with E-state index in [4.69, 9.17) is 0 Å². The summed E-state index contributed by atoms with van der Waals surface area (Å²) in [7, 11) is 0. The Morgan fingerprint density at radius 1 is 1.44 bits per heavy atom. The van der Waals surface area contributed by atoms with Gasteiger partial charge in [-0.15, -0.1) is 0 Å². The molecule has 2 rings (SSSR count). The van der Waals surface area contributed by atoms with Gasteiger partial charge in [0, 0.05) is 11.9 Å². The largest absolute Gasteiger partial charge is 0.367 e. The van der Waals surface area contributed by atoms with Crippen molar-refractivity contribution in [2.75, 3.05) is 5.32 Å². The summed E-state index contributed by atoms with van der Waals surface area (Å²) in [6.45, 7) is 0. The SMILES string of the molecule is O=C(CC1(Br)NC=CS1)Nc1ccccc1. The number of para-hydroxylation sites is 1. The first-order chi connectivity index (χ1) is 7.68. The summed E-state index contributed by atoms with van der Waals surface area (Å²) in [6, 6.07) is 9.44. The summed E-state index contributed by atoms with van der Waals surface area (Å²) >= 11 is 5.04. The first-order valence-corrected chi connectivity index (χ1v) is 6.50. The molecule has 0 bridgehead atoms. The van der Waals surface area contributed by atoms with Gasteiger partial charge in [0.1, 0.15) is 0 Å². The molecule has 0 saturated heterocycles. The van der Waals surface area contributed by atoms with Crippen molar-refractivity contribution in [3.63, 3.8) is 0 Å². The lowest BCUT2D eigenvalue weighted by atomic mass is 10.3. The quantitative estimate of drug-likeness (QED) is 0.666. The maximum Gasteiger partial charge on any atom is 0.228 e. The van der Waals surface area contributed by atoms with E-state index in [0.717, 1.165) is 5.69 Å². The first-order valence-electron chi connectivity index (χ1n) is 4.82. The number of benzene rings is 1. The number of hydrogen-bond donors (Lipinski definition) is 2. The van der Waals surface area contributed by atoms with E-state index in [2.05, 4.69) is 26.6 Å². The molecule has 0 spiro atoms. The predicted octanol–water partition coefficient (Wildman–Crippen LogP) is 2.87. The fourth-order valence-corrected chi connectivity index (χ4v) is 2.77. The molecule has 1 unspecified atom stereocenters. The Kier molecular flexibility index (Phi) is 3.56. The second-order valence-electron chi connectivity index (χ2n) is 3.38. The molecule has 1 heterocycles. The minimum atomic E-state index is -0.397. The van der Waals surface area contributed by atoms with E-state index in [-0.39, 0.29) is 5.91 Å². The van der Waals surface area contributed by atoms with Crippen LogP contribution < -0.4 is 10.6 Å². The average Bonchev–Trinajstić information content (AvgIpc) is 2.66. The Morgan fingerprint density at radius 2 is 2.19 bits per heavy atom. The summed E-state index contributed by atoms with van der Waals surface area (Å²) in [5, 5.41) is 7.85. The fourth-order valence-electron chi connectivity index (χ4n) is 1.36. The number of amides is 1. The smallest absolute Gasteiger partial charge is 0.228 e. The van der Waals surface area contributed by atoms with Gasteiger partial charge in [0.05, 0.1) is 6.42 Å². The van der Waals surface area contributed by atoms with Crippen LogP contribution in [0.1, 0.15) is 6.42 Å². The van der Waals surface area contributed by atoms with Crippen LogP contribution in [0, 0.1) is 0 Å². The number of carbonyl (C=O) groups is 1. The molecular weight excluding hydrogens is 288 g/mol. The zero-order valence-electron chi connectivity index (χ0n) is 8.44. The minimum Gasteiger partial charge on any atom is -0.367 e. The molecule has 1 aromatic rings. The number of nitrogens with one attached hydrogen (secondary N) is 2. The van der Waals surface area contributed by atoms with E-state index in [1.54, 1.807) is 11.8 Å². The van der Waals surface area contributed by atoms with Gasteiger partial charge >= 0.3 is 0 Å². The van der Waals surface area contributed by atoms with Crippen molar-refractivity contribution in [2.24, 2.45) is 0 Å². The van der Waals surface area contributed by atoms with Gasteiger partial charge in [-0.1, -0.05) is 30.0 Å². The highest BCUT2D eigenvalue weighted by atomic mass is 79.9. The zero-order valence-corrected chi connectivity index (χ0v) is 10.8. The highest BCUT2D eigenvalue weighted by molar-refractivity contribution is 9.12. The lowest BCUT2D eigenvalue weighted by Gasteiger charge is -2.20. The number of halogens is 1. The predicted molar refractivity (Wildman–Crippen MR) is 71.2 cm³/mol. The number of thioether (sulfide) groups is 1. The third-order valence-corrected chi connectivity index (χ3v) is 4.05. The molecule has 0 radical (unpaired) electrons. The topological polar surface area (TPSA) is 41.1 Å². The van der Waals surface area contributed by atoms with Crippen LogP contribution in [0.3, 0.4) is 0 Å². The maximum atomic E-state index is 11.8. The van der Waals surface area contributed by atoms with Crippen LogP contribution in [0.5, 0.6) is 0 Å². The molecule has 3 nitrogen and oxygen atoms in total. The van der Waals surface area contributed by atoms with Gasteiger partial charge in [-0.2, -0.15) is 0 Å². The molecule has 0 saturated carbocycles. The van der Waals surface area contributed by atoms with Crippen molar-refractivity contribution in [2.45, 2.75) is 10.2 Å². The second-order valence-corrected chi connectivity index (χ2v) is 6.47. The van der Waals surface area contributed by atoms with Crippen LogP contribution in [-0.4, -0.2) is 9.69 Å². The molecule has 1 atom stereocenters. The van der Waals surface area contributed by atoms with Crippen LogP contribution in [0.15, 0.2) is 41.9 Å². The summed E-state index contributed by atoms with van der Waals surface area (Å²) in [4.78, 5) is 11.8. The molecule has 1 aromatic carbocycles. The monoisotopic (exact) mass is 298 g/mol. The minimum absolute atomic E-state index is 0.0215. The standard InChI is InChI=1S/C11H11BrN2OS/c12-11(13-6-7-16-11)8-10(15)14-9-4-2-1-3-5-9/h1-7,13H,8H2,(H,14,15). The van der Waals surface area contributed by atoms with Gasteiger partial charge in [-0.3, -0.25) is 4.79 Å². The molecule has 0 aromatic heterocycles. The van der Waals surface area contributed by atoms with Gasteiger partial charge in [-0.05, 0) is 33.5 Å². The maximum absolute atomic E-state index is 11.8. The number of alkyl halides is 1. The van der Waals surface area contributed by atoms with Gasteiger partial charge in [0.2, 0.25) is 5.91 Å². The second kappa shape index (κ2) is 4.93. The number of anilines is 1. The van der Waals surface area contributed by atoms with E-state index >= 15 is 0 Å². The van der Waals surface area contributed by atoms with Gasteiger partial charge in [0.15, 0.2) is 3.78 Å². The lowest BCUT2D eigenvalue weighted by molar-refractivity contribution is -0.116. The third kappa shape index (κ3) is 3.02. The van der Waals surface area contributed by atoms with Crippen LogP contribution in [-0.2, 0) is 4.79 Å². The molecule has 1 aliphatic heterocycles. The van der Waals surface area contributed by atoms with E-state index in [9.17, 15) is 4.79 Å². The molecule has 0 fully saturated rings. The van der Waals surface area contributed by atoms with Crippen molar-refractivity contribution < 1.29 is 4.79 Å². The van der Waals surface area contributed by atoms with Gasteiger partial charge in [0.25, 0.3) is 0 Å². The van der Waals surface area contributed by atoms with Crippen LogP contribution in [0.2, 0.25) is 0 Å². The van der Waals surface area contributed by atoms with Crippen LogP contribution in [0.25, 0.3) is 0 Å². The summed E-state index contributed by atoms with van der Waals surface area (Å²) in [5.74, 6) is -0.0215. The van der Waals surface area contributed by atoms with Gasteiger partial charge < -0.3 is 10.6 Å². The van der Waals surface area contributed by atoms with Crippen molar-refractivity contribution in [3.8, 4) is 0 Å². The summed E-state index contributed by atoms with van der Waals surface area (Å²) in [5.41, 5.74) is 0.819. The Morgan fingerprint density at radius 3 is 2.81 bits per heavy atom. The van der Waals surface area contributed by atoms with Crippen LogP contribution in [0.4, 0.5) is 5.69 Å². The Bertz CT molecular complexity index is 400. The molecular formula is C11H11BrN2OS. The Balaban J connectivity index is 1.90. The average molecular weight is 299 g/mol. The summed E-state index contributed by atoms with van der Waals surface area (Å²) < 4.78 is -0.397. The third-order valence-electron chi connectivity index (χ3n) is 2.07. The molecule has 1 aliphatic rings. The van der Waals surface area contributed by atoms with E-state index in [0.29, 0.717) is 6.42 Å². The van der Waals surface area contributed by atoms with Crippen LogP contribution >= 0.6 is 27.7 Å². The number of rotatable bonds is 3. The highest BCUT2D eigenvalue weighted by Gasteiger charge is 2.31. The molecule has 0 aliphatic carbocycles.